The normalized spacial score (nSPS) is 12.0. The number of carbonyl (C=O) groups is 1. The van der Waals surface area contributed by atoms with Gasteiger partial charge in [-0.05, 0) is 29.9 Å². The highest BCUT2D eigenvalue weighted by Gasteiger charge is 2.16. The van der Waals surface area contributed by atoms with Crippen LogP contribution in [-0.4, -0.2) is 11.7 Å². The van der Waals surface area contributed by atoms with Crippen molar-refractivity contribution in [2.45, 2.75) is 17.2 Å². The molecule has 98 valence electrons. The van der Waals surface area contributed by atoms with E-state index in [1.54, 1.807) is 11.8 Å². The molecule has 0 aliphatic carbocycles. The van der Waals surface area contributed by atoms with Crippen LogP contribution >= 0.6 is 11.8 Å². The van der Waals surface area contributed by atoms with Gasteiger partial charge in [0.15, 0.2) is 0 Å². The quantitative estimate of drug-likeness (QED) is 0.818. The minimum Gasteiger partial charge on any atom is -0.369 e. The van der Waals surface area contributed by atoms with Gasteiger partial charge in [0.25, 0.3) is 0 Å². The van der Waals surface area contributed by atoms with E-state index in [0.29, 0.717) is 0 Å². The first-order chi connectivity index (χ1) is 9.27. The largest absolute Gasteiger partial charge is 0.369 e. The van der Waals surface area contributed by atoms with Gasteiger partial charge in [0.05, 0.1) is 5.92 Å². The number of amides is 1. The van der Waals surface area contributed by atoms with Crippen molar-refractivity contribution in [1.82, 2.24) is 0 Å². The first kappa shape index (κ1) is 13.7. The average molecular weight is 271 g/mol. The zero-order chi connectivity index (χ0) is 13.5. The Morgan fingerprint density at radius 3 is 2.16 bits per heavy atom. The van der Waals surface area contributed by atoms with E-state index in [2.05, 4.69) is 12.1 Å². The highest BCUT2D eigenvalue weighted by Crippen LogP contribution is 2.25. The summed E-state index contributed by atoms with van der Waals surface area (Å²) in [6.07, 6.45) is 0.763. The monoisotopic (exact) mass is 271 g/mol. The van der Waals surface area contributed by atoms with Crippen molar-refractivity contribution in [2.24, 2.45) is 5.73 Å². The minimum atomic E-state index is -0.250. The van der Waals surface area contributed by atoms with Crippen LogP contribution in [0.2, 0.25) is 0 Å². The van der Waals surface area contributed by atoms with Gasteiger partial charge < -0.3 is 5.73 Å². The molecular weight excluding hydrogens is 254 g/mol. The lowest BCUT2D eigenvalue weighted by atomic mass is 9.96. The molecule has 19 heavy (non-hydrogen) atoms. The molecule has 2 aromatic carbocycles. The second-order valence-corrected chi connectivity index (χ2v) is 5.48. The lowest BCUT2D eigenvalue weighted by molar-refractivity contribution is -0.119. The average Bonchev–Trinajstić information content (AvgIpc) is 2.45. The summed E-state index contributed by atoms with van der Waals surface area (Å²) in [7, 11) is 0. The number of nitrogens with two attached hydrogens (primary N) is 1. The highest BCUT2D eigenvalue weighted by molar-refractivity contribution is 7.99. The standard InChI is InChI=1S/C16H17NOS/c17-16(18)15(13-7-3-1-4-8-13)11-12-19-14-9-5-2-6-10-14/h1-10,15H,11-12H2,(H2,17,18)/t15-/m1/s1. The Hall–Kier alpha value is -1.74. The zero-order valence-corrected chi connectivity index (χ0v) is 11.5. The molecule has 0 aliphatic rings. The summed E-state index contributed by atoms with van der Waals surface area (Å²) in [5.74, 6) is 0.434. The lowest BCUT2D eigenvalue weighted by Gasteiger charge is -2.13. The van der Waals surface area contributed by atoms with Gasteiger partial charge in [0.1, 0.15) is 0 Å². The van der Waals surface area contributed by atoms with Crippen molar-refractivity contribution in [1.29, 1.82) is 0 Å². The van der Waals surface area contributed by atoms with Gasteiger partial charge in [-0.1, -0.05) is 48.5 Å². The lowest BCUT2D eigenvalue weighted by Crippen LogP contribution is -2.21. The van der Waals surface area contributed by atoms with Gasteiger partial charge in [0, 0.05) is 4.90 Å². The number of hydrogen-bond donors (Lipinski definition) is 1. The van der Waals surface area contributed by atoms with Crippen molar-refractivity contribution >= 4 is 17.7 Å². The second-order valence-electron chi connectivity index (χ2n) is 4.32. The van der Waals surface area contributed by atoms with Crippen LogP contribution in [-0.2, 0) is 4.79 Å². The van der Waals surface area contributed by atoms with E-state index in [1.807, 2.05) is 48.5 Å². The third-order valence-corrected chi connectivity index (χ3v) is 4.01. The van der Waals surface area contributed by atoms with E-state index >= 15 is 0 Å². The number of primary amides is 1. The zero-order valence-electron chi connectivity index (χ0n) is 10.7. The molecule has 0 heterocycles. The van der Waals surface area contributed by atoms with Crippen LogP contribution < -0.4 is 5.73 Å². The summed E-state index contributed by atoms with van der Waals surface area (Å²) in [6.45, 7) is 0. The summed E-state index contributed by atoms with van der Waals surface area (Å²) in [6, 6.07) is 19.9. The predicted molar refractivity (Wildman–Crippen MR) is 80.2 cm³/mol. The Morgan fingerprint density at radius 1 is 1.00 bits per heavy atom. The predicted octanol–water partition coefficient (Wildman–Crippen LogP) is 3.44. The van der Waals surface area contributed by atoms with E-state index < -0.39 is 0 Å². The van der Waals surface area contributed by atoms with Crippen LogP contribution in [0.15, 0.2) is 65.6 Å². The van der Waals surface area contributed by atoms with Crippen molar-refractivity contribution in [3.8, 4) is 0 Å². The fourth-order valence-electron chi connectivity index (χ4n) is 1.97. The minimum absolute atomic E-state index is 0.197. The van der Waals surface area contributed by atoms with Gasteiger partial charge in [-0.2, -0.15) is 0 Å². The van der Waals surface area contributed by atoms with E-state index in [1.165, 1.54) is 4.90 Å². The maximum Gasteiger partial charge on any atom is 0.224 e. The highest BCUT2D eigenvalue weighted by atomic mass is 32.2. The Kier molecular flexibility index (Phi) is 5.04. The maximum absolute atomic E-state index is 11.6. The molecule has 0 aliphatic heterocycles. The maximum atomic E-state index is 11.6. The summed E-state index contributed by atoms with van der Waals surface area (Å²) < 4.78 is 0. The van der Waals surface area contributed by atoms with Gasteiger partial charge in [-0.15, -0.1) is 11.8 Å². The van der Waals surface area contributed by atoms with Crippen molar-refractivity contribution in [3.63, 3.8) is 0 Å². The van der Waals surface area contributed by atoms with Crippen molar-refractivity contribution in [2.75, 3.05) is 5.75 Å². The molecule has 1 amide bonds. The number of carbonyl (C=O) groups excluding carboxylic acids is 1. The molecule has 2 nitrogen and oxygen atoms in total. The smallest absolute Gasteiger partial charge is 0.224 e. The molecule has 1 atom stereocenters. The van der Waals surface area contributed by atoms with E-state index in [-0.39, 0.29) is 11.8 Å². The van der Waals surface area contributed by atoms with E-state index in [0.717, 1.165) is 17.7 Å². The molecule has 0 unspecified atom stereocenters. The Bertz CT molecular complexity index is 513. The van der Waals surface area contributed by atoms with Gasteiger partial charge in [-0.25, -0.2) is 0 Å². The molecule has 0 fully saturated rings. The number of benzene rings is 2. The molecule has 0 saturated carbocycles. The molecule has 0 aromatic heterocycles. The first-order valence-electron chi connectivity index (χ1n) is 6.29. The van der Waals surface area contributed by atoms with Crippen LogP contribution in [0.4, 0.5) is 0 Å². The molecular formula is C16H17NOS. The third-order valence-electron chi connectivity index (χ3n) is 2.96. The molecule has 2 N–H and O–H groups in total. The molecule has 3 heteroatoms. The number of hydrogen-bond acceptors (Lipinski definition) is 2. The summed E-state index contributed by atoms with van der Waals surface area (Å²) >= 11 is 1.75. The van der Waals surface area contributed by atoms with Crippen LogP contribution in [0.3, 0.4) is 0 Å². The van der Waals surface area contributed by atoms with Crippen LogP contribution in [0, 0.1) is 0 Å². The Labute approximate surface area is 118 Å². The fraction of sp³-hybridized carbons (Fsp3) is 0.188. The summed E-state index contributed by atoms with van der Waals surface area (Å²) in [4.78, 5) is 12.8. The molecule has 0 spiro atoms. The number of thioether (sulfide) groups is 1. The molecule has 2 aromatic rings. The summed E-state index contributed by atoms with van der Waals surface area (Å²) in [5.41, 5.74) is 6.50. The fourth-order valence-corrected chi connectivity index (χ4v) is 2.91. The number of rotatable bonds is 6. The van der Waals surface area contributed by atoms with Crippen LogP contribution in [0.5, 0.6) is 0 Å². The van der Waals surface area contributed by atoms with Crippen LogP contribution in [0.1, 0.15) is 17.9 Å². The Morgan fingerprint density at radius 2 is 1.58 bits per heavy atom. The Balaban J connectivity index is 1.94. The van der Waals surface area contributed by atoms with Gasteiger partial charge in [0.2, 0.25) is 5.91 Å². The SMILES string of the molecule is NC(=O)[C@H](CCSc1ccccc1)c1ccccc1. The summed E-state index contributed by atoms with van der Waals surface area (Å²) in [5, 5.41) is 0. The van der Waals surface area contributed by atoms with E-state index in [4.69, 9.17) is 5.73 Å². The van der Waals surface area contributed by atoms with Crippen molar-refractivity contribution in [3.05, 3.63) is 66.2 Å². The second kappa shape index (κ2) is 7.00. The molecule has 0 bridgehead atoms. The van der Waals surface area contributed by atoms with Crippen LogP contribution in [0.25, 0.3) is 0 Å². The van der Waals surface area contributed by atoms with Gasteiger partial charge in [-0.3, -0.25) is 4.79 Å². The van der Waals surface area contributed by atoms with E-state index in [9.17, 15) is 4.79 Å². The third kappa shape index (κ3) is 4.14. The molecule has 0 saturated heterocycles. The molecule has 2 rings (SSSR count). The first-order valence-corrected chi connectivity index (χ1v) is 7.28. The van der Waals surface area contributed by atoms with Crippen molar-refractivity contribution < 1.29 is 4.79 Å². The topological polar surface area (TPSA) is 43.1 Å². The molecule has 0 radical (unpaired) electrons. The van der Waals surface area contributed by atoms with Gasteiger partial charge >= 0.3 is 0 Å².